The van der Waals surface area contributed by atoms with Gasteiger partial charge in [-0.05, 0) is 92.4 Å². The lowest BCUT2D eigenvalue weighted by Crippen LogP contribution is -2.47. The van der Waals surface area contributed by atoms with E-state index in [1.54, 1.807) is 12.5 Å². The second-order valence-electron chi connectivity index (χ2n) is 8.29. The van der Waals surface area contributed by atoms with Gasteiger partial charge in [0, 0.05) is 6.42 Å². The number of nitrogens with zero attached hydrogens (tertiary/aromatic N) is 1. The maximum Gasteiger partial charge on any atom is 0.240 e. The number of nitrogens with one attached hydrogen (secondary N) is 1. The molecule has 24 heavy (non-hydrogen) atoms. The van der Waals surface area contributed by atoms with Crippen LogP contribution in [0.5, 0.6) is 0 Å². The van der Waals surface area contributed by atoms with Gasteiger partial charge in [-0.2, -0.15) is 5.10 Å². The predicted octanol–water partition coefficient (Wildman–Crippen LogP) is 4.39. The van der Waals surface area contributed by atoms with Crippen LogP contribution in [0.2, 0.25) is 0 Å². The largest absolute Gasteiger partial charge is 0.465 e. The first kappa shape index (κ1) is 15.7. The van der Waals surface area contributed by atoms with E-state index in [0.29, 0.717) is 6.42 Å². The van der Waals surface area contributed by atoms with Crippen molar-refractivity contribution in [3.8, 4) is 0 Å². The molecule has 0 saturated heterocycles. The summed E-state index contributed by atoms with van der Waals surface area (Å²) in [5.41, 5.74) is 3.94. The van der Waals surface area contributed by atoms with Gasteiger partial charge in [0.1, 0.15) is 5.76 Å². The summed E-state index contributed by atoms with van der Waals surface area (Å²) in [6, 6.07) is 3.74. The summed E-state index contributed by atoms with van der Waals surface area (Å²) in [4.78, 5) is 12.4. The van der Waals surface area contributed by atoms with Gasteiger partial charge >= 0.3 is 0 Å². The second kappa shape index (κ2) is 6.23. The smallest absolute Gasteiger partial charge is 0.240 e. The van der Waals surface area contributed by atoms with Crippen LogP contribution < -0.4 is 5.43 Å². The third-order valence-corrected chi connectivity index (χ3v) is 6.07. The van der Waals surface area contributed by atoms with Crippen LogP contribution in [0, 0.1) is 23.2 Å². The molecule has 4 bridgehead atoms. The first-order valence-electron chi connectivity index (χ1n) is 9.14. The molecule has 1 aromatic rings. The monoisotopic (exact) mass is 326 g/mol. The lowest BCUT2D eigenvalue weighted by molar-refractivity contribution is -0.129. The number of amides is 1. The SMILES string of the molecule is C/C(C=NNC(=O)CC12CC3CC(CC(C3)C1)C2)=C\c1ccco1. The number of hydrogen-bond acceptors (Lipinski definition) is 3. The van der Waals surface area contributed by atoms with Gasteiger partial charge in [-0.25, -0.2) is 5.43 Å². The molecule has 128 valence electrons. The highest BCUT2D eigenvalue weighted by Gasteiger charge is 2.51. The van der Waals surface area contributed by atoms with Crippen molar-refractivity contribution in [2.45, 2.75) is 51.9 Å². The van der Waals surface area contributed by atoms with E-state index in [9.17, 15) is 4.79 Å². The third kappa shape index (κ3) is 3.33. The Kier molecular flexibility index (Phi) is 4.07. The Hall–Kier alpha value is -1.84. The van der Waals surface area contributed by atoms with Crippen LogP contribution in [0.4, 0.5) is 0 Å². The number of carbonyl (C=O) groups excluding carboxylic acids is 1. The quantitative estimate of drug-likeness (QED) is 0.644. The number of rotatable bonds is 5. The molecule has 4 nitrogen and oxygen atoms in total. The minimum atomic E-state index is 0.0685. The zero-order chi connectivity index (χ0) is 16.6. The van der Waals surface area contributed by atoms with Gasteiger partial charge in [0.05, 0.1) is 12.5 Å². The summed E-state index contributed by atoms with van der Waals surface area (Å²) in [6.07, 6.45) is 13.9. The number of hydrazone groups is 1. The Morgan fingerprint density at radius 3 is 2.54 bits per heavy atom. The fraction of sp³-hybridized carbons (Fsp3) is 0.600. The Morgan fingerprint density at radius 2 is 1.96 bits per heavy atom. The first-order chi connectivity index (χ1) is 11.6. The van der Waals surface area contributed by atoms with Crippen molar-refractivity contribution in [3.05, 3.63) is 29.7 Å². The molecule has 1 N–H and O–H groups in total. The number of allylic oxidation sites excluding steroid dienone is 1. The van der Waals surface area contributed by atoms with Crippen molar-refractivity contribution < 1.29 is 9.21 Å². The van der Waals surface area contributed by atoms with Crippen LogP contribution in [0.1, 0.15) is 57.6 Å². The lowest BCUT2D eigenvalue weighted by Gasteiger charge is -2.56. The van der Waals surface area contributed by atoms with Crippen LogP contribution in [0.3, 0.4) is 0 Å². The molecule has 4 aliphatic carbocycles. The van der Waals surface area contributed by atoms with E-state index in [2.05, 4.69) is 10.5 Å². The van der Waals surface area contributed by atoms with Crippen LogP contribution in [-0.2, 0) is 4.79 Å². The Morgan fingerprint density at radius 1 is 1.29 bits per heavy atom. The topological polar surface area (TPSA) is 54.6 Å². The first-order valence-corrected chi connectivity index (χ1v) is 9.14. The average molecular weight is 326 g/mol. The van der Waals surface area contributed by atoms with E-state index in [1.165, 1.54) is 38.5 Å². The normalized spacial score (nSPS) is 34.9. The minimum Gasteiger partial charge on any atom is -0.465 e. The predicted molar refractivity (Wildman–Crippen MR) is 94.2 cm³/mol. The summed E-state index contributed by atoms with van der Waals surface area (Å²) in [5.74, 6) is 3.50. The van der Waals surface area contributed by atoms with Crippen LogP contribution in [0.25, 0.3) is 6.08 Å². The average Bonchev–Trinajstić information content (AvgIpc) is 2.97. The number of furan rings is 1. The Balaban J connectivity index is 1.32. The zero-order valence-corrected chi connectivity index (χ0v) is 14.3. The van der Waals surface area contributed by atoms with E-state index in [-0.39, 0.29) is 11.3 Å². The number of hydrogen-bond donors (Lipinski definition) is 1. The molecule has 4 saturated carbocycles. The Bertz CT molecular complexity index is 622. The van der Waals surface area contributed by atoms with Crippen molar-refractivity contribution >= 4 is 18.2 Å². The molecule has 5 rings (SSSR count). The molecule has 0 aliphatic heterocycles. The van der Waals surface area contributed by atoms with Crippen molar-refractivity contribution in [1.29, 1.82) is 0 Å². The van der Waals surface area contributed by atoms with Crippen LogP contribution in [0.15, 0.2) is 33.5 Å². The van der Waals surface area contributed by atoms with E-state index in [4.69, 9.17) is 4.42 Å². The summed E-state index contributed by atoms with van der Waals surface area (Å²) < 4.78 is 5.27. The highest BCUT2D eigenvalue weighted by molar-refractivity contribution is 5.85. The van der Waals surface area contributed by atoms with Crippen LogP contribution in [-0.4, -0.2) is 12.1 Å². The van der Waals surface area contributed by atoms with Gasteiger partial charge in [-0.3, -0.25) is 4.79 Å². The summed E-state index contributed by atoms with van der Waals surface area (Å²) in [7, 11) is 0. The molecule has 4 fully saturated rings. The van der Waals surface area contributed by atoms with Gasteiger partial charge in [0.15, 0.2) is 0 Å². The zero-order valence-electron chi connectivity index (χ0n) is 14.3. The van der Waals surface area contributed by atoms with Crippen molar-refractivity contribution in [2.24, 2.45) is 28.3 Å². The standard InChI is InChI=1S/C20H26N2O2/c1-14(5-18-3-2-4-24-18)13-21-22-19(23)12-20-9-15-6-16(10-20)8-17(7-15)11-20/h2-5,13,15-17H,6-12H2,1H3,(H,22,23)/b14-5+,21-13?. The fourth-order valence-corrected chi connectivity index (χ4v) is 5.73. The van der Waals surface area contributed by atoms with Gasteiger partial charge in [-0.1, -0.05) is 0 Å². The van der Waals surface area contributed by atoms with Crippen molar-refractivity contribution in [1.82, 2.24) is 5.43 Å². The molecule has 0 unspecified atom stereocenters. The minimum absolute atomic E-state index is 0.0685. The van der Waals surface area contributed by atoms with E-state index < -0.39 is 0 Å². The molecular weight excluding hydrogens is 300 g/mol. The second-order valence-corrected chi connectivity index (χ2v) is 8.29. The number of carbonyl (C=O) groups is 1. The summed E-state index contributed by atoms with van der Waals surface area (Å²) in [5, 5.41) is 4.12. The van der Waals surface area contributed by atoms with Gasteiger partial charge in [0.2, 0.25) is 5.91 Å². The molecular formula is C20H26N2O2. The third-order valence-electron chi connectivity index (χ3n) is 6.07. The molecule has 4 heteroatoms. The Labute approximate surface area is 143 Å². The van der Waals surface area contributed by atoms with Crippen molar-refractivity contribution in [2.75, 3.05) is 0 Å². The van der Waals surface area contributed by atoms with E-state index >= 15 is 0 Å². The highest BCUT2D eigenvalue weighted by Crippen LogP contribution is 2.61. The van der Waals surface area contributed by atoms with Gasteiger partial charge in [0.25, 0.3) is 0 Å². The van der Waals surface area contributed by atoms with Gasteiger partial charge in [-0.15, -0.1) is 0 Å². The molecule has 0 atom stereocenters. The van der Waals surface area contributed by atoms with E-state index in [1.807, 2.05) is 25.1 Å². The molecule has 1 amide bonds. The molecule has 1 aromatic heterocycles. The summed E-state index contributed by atoms with van der Waals surface area (Å²) in [6.45, 7) is 1.94. The molecule has 1 heterocycles. The van der Waals surface area contributed by atoms with E-state index in [0.717, 1.165) is 29.1 Å². The molecule has 0 radical (unpaired) electrons. The molecule has 0 spiro atoms. The molecule has 4 aliphatic rings. The fourth-order valence-electron chi connectivity index (χ4n) is 5.73. The van der Waals surface area contributed by atoms with Crippen molar-refractivity contribution in [3.63, 3.8) is 0 Å². The van der Waals surface area contributed by atoms with Crippen LogP contribution >= 0.6 is 0 Å². The summed E-state index contributed by atoms with van der Waals surface area (Å²) >= 11 is 0. The maximum absolute atomic E-state index is 12.4. The highest BCUT2D eigenvalue weighted by atomic mass is 16.3. The van der Waals surface area contributed by atoms with Gasteiger partial charge < -0.3 is 4.42 Å². The lowest BCUT2D eigenvalue weighted by atomic mass is 9.49. The maximum atomic E-state index is 12.4. The molecule has 0 aromatic carbocycles.